The van der Waals surface area contributed by atoms with E-state index in [2.05, 4.69) is 20.3 Å². The van der Waals surface area contributed by atoms with Gasteiger partial charge in [-0.15, -0.1) is 11.3 Å². The molecule has 128 valence electrons. The molecule has 4 rings (SSSR count). The van der Waals surface area contributed by atoms with E-state index in [0.29, 0.717) is 23.9 Å². The van der Waals surface area contributed by atoms with Crippen LogP contribution in [0.15, 0.2) is 29.8 Å². The molecule has 0 atom stereocenters. The zero-order chi connectivity index (χ0) is 17.2. The number of nitrogens with one attached hydrogen (secondary N) is 1. The van der Waals surface area contributed by atoms with Crippen LogP contribution in [-0.2, 0) is 6.54 Å². The molecular formula is C17H16FN5OS. The number of hydrogen-bond acceptors (Lipinski definition) is 6. The van der Waals surface area contributed by atoms with Gasteiger partial charge in [0.25, 0.3) is 5.91 Å². The number of amides is 1. The zero-order valence-electron chi connectivity index (χ0n) is 13.4. The number of carbonyl (C=O) groups is 1. The Morgan fingerprint density at radius 2 is 2.08 bits per heavy atom. The Bertz CT molecular complexity index is 905. The smallest absolute Gasteiger partial charge is 0.274 e. The number of anilines is 1. The Hall–Kier alpha value is -2.61. The van der Waals surface area contributed by atoms with Gasteiger partial charge in [-0.2, -0.15) is 0 Å². The molecule has 0 bridgehead atoms. The Kier molecular flexibility index (Phi) is 4.27. The first-order chi connectivity index (χ1) is 12.2. The van der Waals surface area contributed by atoms with Gasteiger partial charge in [-0.3, -0.25) is 9.78 Å². The van der Waals surface area contributed by atoms with Gasteiger partial charge in [0.2, 0.25) is 5.95 Å². The number of nitrogens with zero attached hydrogens (tertiary/aromatic N) is 4. The van der Waals surface area contributed by atoms with E-state index >= 15 is 0 Å². The van der Waals surface area contributed by atoms with E-state index in [1.807, 2.05) is 16.3 Å². The molecule has 1 aliphatic heterocycles. The third kappa shape index (κ3) is 3.30. The van der Waals surface area contributed by atoms with Crippen LogP contribution in [0.3, 0.4) is 0 Å². The molecule has 6 nitrogen and oxygen atoms in total. The Morgan fingerprint density at radius 3 is 2.84 bits per heavy atom. The molecule has 3 aromatic heterocycles. The summed E-state index contributed by atoms with van der Waals surface area (Å²) in [4.78, 5) is 27.5. The van der Waals surface area contributed by atoms with Crippen molar-refractivity contribution in [3.05, 3.63) is 47.0 Å². The van der Waals surface area contributed by atoms with Crippen LogP contribution in [0.4, 0.5) is 10.3 Å². The van der Waals surface area contributed by atoms with Crippen LogP contribution in [0.1, 0.15) is 29.0 Å². The molecule has 0 unspecified atom stereocenters. The maximum absolute atomic E-state index is 12.9. The van der Waals surface area contributed by atoms with Gasteiger partial charge < -0.3 is 10.2 Å². The topological polar surface area (TPSA) is 71.0 Å². The van der Waals surface area contributed by atoms with Gasteiger partial charge in [-0.05, 0) is 36.4 Å². The van der Waals surface area contributed by atoms with Crippen LogP contribution >= 0.6 is 11.3 Å². The molecule has 0 spiro atoms. The molecule has 1 fully saturated rings. The van der Waals surface area contributed by atoms with Crippen molar-refractivity contribution in [1.82, 2.24) is 19.9 Å². The first-order valence-electron chi connectivity index (χ1n) is 8.09. The normalized spacial score (nSPS) is 14.2. The summed E-state index contributed by atoms with van der Waals surface area (Å²) >= 11 is 1.47. The van der Waals surface area contributed by atoms with Gasteiger partial charge in [-0.1, -0.05) is 0 Å². The third-order valence-corrected chi connectivity index (χ3v) is 5.03. The molecule has 0 saturated carbocycles. The largest absolute Gasteiger partial charge is 0.349 e. The summed E-state index contributed by atoms with van der Waals surface area (Å²) in [6, 6.07) is 4.83. The minimum Gasteiger partial charge on any atom is -0.349 e. The second kappa shape index (κ2) is 6.72. The first-order valence-corrected chi connectivity index (χ1v) is 8.97. The van der Waals surface area contributed by atoms with Crippen LogP contribution in [0, 0.1) is 5.82 Å². The number of pyridine rings is 1. The Morgan fingerprint density at radius 1 is 1.24 bits per heavy atom. The quantitative estimate of drug-likeness (QED) is 0.777. The predicted octanol–water partition coefficient (Wildman–Crippen LogP) is 3.07. The number of rotatable bonds is 4. The second-order valence-corrected chi connectivity index (χ2v) is 6.77. The summed E-state index contributed by atoms with van der Waals surface area (Å²) in [5.41, 5.74) is 1.86. The number of fused-ring (bicyclic) bond motifs is 1. The van der Waals surface area contributed by atoms with Crippen molar-refractivity contribution in [1.29, 1.82) is 0 Å². The number of likely N-dealkylation sites (tertiary alicyclic amines) is 1. The number of thiophene rings is 1. The standard InChI is InChI=1S/C17H16FN5OS/c18-11-3-4-12(19-9-11)10-20-17-21-13-5-8-25-15(13)14(22-17)16(24)23-6-1-2-7-23/h3-5,8-9H,1-2,6-7,10H2,(H,20,21,22). The predicted molar refractivity (Wildman–Crippen MR) is 94.1 cm³/mol. The van der Waals surface area contributed by atoms with Gasteiger partial charge in [0, 0.05) is 13.1 Å². The van der Waals surface area contributed by atoms with Crippen LogP contribution in [0.5, 0.6) is 0 Å². The lowest BCUT2D eigenvalue weighted by atomic mass is 10.3. The molecule has 4 heterocycles. The molecule has 25 heavy (non-hydrogen) atoms. The summed E-state index contributed by atoms with van der Waals surface area (Å²) in [7, 11) is 0. The number of aromatic nitrogens is 3. The molecular weight excluding hydrogens is 341 g/mol. The second-order valence-electron chi connectivity index (χ2n) is 5.85. The van der Waals surface area contributed by atoms with E-state index in [4.69, 9.17) is 0 Å². The van der Waals surface area contributed by atoms with Crippen molar-refractivity contribution in [3.63, 3.8) is 0 Å². The summed E-state index contributed by atoms with van der Waals surface area (Å²) in [5, 5.41) is 4.98. The van der Waals surface area contributed by atoms with Crippen molar-refractivity contribution in [2.45, 2.75) is 19.4 Å². The van der Waals surface area contributed by atoms with Gasteiger partial charge in [0.1, 0.15) is 5.82 Å². The fraction of sp³-hybridized carbons (Fsp3) is 0.294. The molecule has 1 saturated heterocycles. The highest BCUT2D eigenvalue weighted by molar-refractivity contribution is 7.17. The van der Waals surface area contributed by atoms with Gasteiger partial charge in [0.15, 0.2) is 5.69 Å². The molecule has 1 N–H and O–H groups in total. The SMILES string of the molecule is O=C(c1nc(NCc2ccc(F)cn2)nc2ccsc12)N1CCCC1. The van der Waals surface area contributed by atoms with Crippen molar-refractivity contribution in [2.24, 2.45) is 0 Å². The minimum atomic E-state index is -0.377. The highest BCUT2D eigenvalue weighted by atomic mass is 32.1. The van der Waals surface area contributed by atoms with Crippen molar-refractivity contribution in [2.75, 3.05) is 18.4 Å². The fourth-order valence-electron chi connectivity index (χ4n) is 2.84. The highest BCUT2D eigenvalue weighted by Gasteiger charge is 2.24. The molecule has 0 radical (unpaired) electrons. The van der Waals surface area contributed by atoms with E-state index < -0.39 is 0 Å². The Labute approximate surface area is 147 Å². The van der Waals surface area contributed by atoms with Crippen LogP contribution in [0.25, 0.3) is 10.2 Å². The molecule has 0 aliphatic carbocycles. The summed E-state index contributed by atoms with van der Waals surface area (Å²) in [6.07, 6.45) is 3.24. The molecule has 3 aromatic rings. The minimum absolute atomic E-state index is 0.0460. The lowest BCUT2D eigenvalue weighted by molar-refractivity contribution is 0.0789. The fourth-order valence-corrected chi connectivity index (χ4v) is 3.65. The number of carbonyl (C=O) groups excluding carboxylic acids is 1. The van der Waals surface area contributed by atoms with E-state index in [9.17, 15) is 9.18 Å². The van der Waals surface area contributed by atoms with Gasteiger partial charge in [0.05, 0.1) is 28.7 Å². The lowest BCUT2D eigenvalue weighted by Crippen LogP contribution is -2.28. The highest BCUT2D eigenvalue weighted by Crippen LogP contribution is 2.25. The lowest BCUT2D eigenvalue weighted by Gasteiger charge is -2.15. The average Bonchev–Trinajstić information content (AvgIpc) is 3.31. The molecule has 1 amide bonds. The summed E-state index contributed by atoms with van der Waals surface area (Å²) in [5.74, 6) is -0.0481. The van der Waals surface area contributed by atoms with E-state index in [0.717, 1.165) is 36.1 Å². The monoisotopic (exact) mass is 357 g/mol. The van der Waals surface area contributed by atoms with E-state index in [-0.39, 0.29) is 11.7 Å². The Balaban J connectivity index is 1.60. The molecule has 1 aliphatic rings. The van der Waals surface area contributed by atoms with E-state index in [1.165, 1.54) is 23.6 Å². The molecule has 0 aromatic carbocycles. The van der Waals surface area contributed by atoms with Crippen molar-refractivity contribution < 1.29 is 9.18 Å². The van der Waals surface area contributed by atoms with Crippen molar-refractivity contribution in [3.8, 4) is 0 Å². The van der Waals surface area contributed by atoms with Crippen LogP contribution in [0.2, 0.25) is 0 Å². The van der Waals surface area contributed by atoms with E-state index in [1.54, 1.807) is 6.07 Å². The summed E-state index contributed by atoms with van der Waals surface area (Å²) in [6.45, 7) is 1.91. The molecule has 8 heteroatoms. The van der Waals surface area contributed by atoms with Crippen LogP contribution in [-0.4, -0.2) is 38.8 Å². The average molecular weight is 357 g/mol. The maximum atomic E-state index is 12.9. The van der Waals surface area contributed by atoms with Gasteiger partial charge >= 0.3 is 0 Å². The third-order valence-electron chi connectivity index (χ3n) is 4.12. The number of halogens is 1. The maximum Gasteiger partial charge on any atom is 0.274 e. The van der Waals surface area contributed by atoms with Crippen molar-refractivity contribution >= 4 is 33.4 Å². The van der Waals surface area contributed by atoms with Crippen LogP contribution < -0.4 is 5.32 Å². The summed E-state index contributed by atoms with van der Waals surface area (Å²) < 4.78 is 13.7. The zero-order valence-corrected chi connectivity index (χ0v) is 14.2. The first kappa shape index (κ1) is 15.9. The number of hydrogen-bond donors (Lipinski definition) is 1. The van der Waals surface area contributed by atoms with Gasteiger partial charge in [-0.25, -0.2) is 14.4 Å².